The monoisotopic (exact) mass is 439 g/mol. The molecule has 0 bridgehead atoms. The van der Waals surface area contributed by atoms with E-state index in [4.69, 9.17) is 4.74 Å². The largest absolute Gasteiger partial charge is 0.494 e. The van der Waals surface area contributed by atoms with Crippen LogP contribution in [0.4, 0.5) is 10.2 Å². The molecule has 0 saturated heterocycles. The highest BCUT2D eigenvalue weighted by Gasteiger charge is 2.32. The van der Waals surface area contributed by atoms with E-state index < -0.39 is 11.5 Å². The Morgan fingerprint density at radius 1 is 1.23 bits per heavy atom. The maximum atomic E-state index is 14.0. The number of aromatic nitrogens is 2. The summed E-state index contributed by atoms with van der Waals surface area (Å²) in [6.07, 6.45) is 0.154. The van der Waals surface area contributed by atoms with Crippen molar-refractivity contribution in [1.29, 1.82) is 0 Å². The number of nitrogens with zero attached hydrogens (tertiary/aromatic N) is 2. The molecule has 0 fully saturated rings. The minimum Gasteiger partial charge on any atom is -0.494 e. The number of nitrogens with one attached hydrogen (secondary N) is 1. The van der Waals surface area contributed by atoms with Gasteiger partial charge in [0.1, 0.15) is 17.4 Å². The predicted molar refractivity (Wildman–Crippen MR) is 118 cm³/mol. The van der Waals surface area contributed by atoms with E-state index in [9.17, 15) is 14.0 Å². The second-order valence-corrected chi connectivity index (χ2v) is 8.15. The van der Waals surface area contributed by atoms with Gasteiger partial charge in [-0.1, -0.05) is 42.1 Å². The standard InChI is InChI=1S/C23H22FN3O3S/c1-3-30-16-9-6-8-14(11-16)17-12-19(28)25-21-20(17)22(29)26-23(27(21)2)31-13-15-7-4-5-10-18(15)24/h4-11,17H,3,12-13H2,1-2H3,(H,25,28)/t17-/m1/s1. The molecule has 0 aliphatic carbocycles. The van der Waals surface area contributed by atoms with E-state index in [1.54, 1.807) is 29.8 Å². The van der Waals surface area contributed by atoms with Gasteiger partial charge in [-0.05, 0) is 36.2 Å². The van der Waals surface area contributed by atoms with Crippen molar-refractivity contribution in [2.75, 3.05) is 11.9 Å². The molecule has 0 radical (unpaired) electrons. The van der Waals surface area contributed by atoms with E-state index in [1.165, 1.54) is 17.8 Å². The summed E-state index contributed by atoms with van der Waals surface area (Å²) in [6.45, 7) is 2.42. The zero-order valence-corrected chi connectivity index (χ0v) is 18.0. The van der Waals surface area contributed by atoms with Crippen LogP contribution in [0.1, 0.15) is 36.0 Å². The number of anilines is 1. The quantitative estimate of drug-likeness (QED) is 0.463. The smallest absolute Gasteiger partial charge is 0.279 e. The van der Waals surface area contributed by atoms with Gasteiger partial charge in [0, 0.05) is 25.1 Å². The van der Waals surface area contributed by atoms with Crippen molar-refractivity contribution in [1.82, 2.24) is 9.55 Å². The molecule has 0 spiro atoms. The number of thioether (sulfide) groups is 1. The fourth-order valence-electron chi connectivity index (χ4n) is 3.69. The number of carbonyl (C=O) groups excluding carboxylic acids is 1. The molecule has 1 atom stereocenters. The maximum Gasteiger partial charge on any atom is 0.279 e. The van der Waals surface area contributed by atoms with Crippen molar-refractivity contribution in [3.63, 3.8) is 0 Å². The Hall–Kier alpha value is -3.13. The summed E-state index contributed by atoms with van der Waals surface area (Å²) in [6, 6.07) is 13.9. The minimum absolute atomic E-state index is 0.154. The molecule has 2 heterocycles. The Kier molecular flexibility index (Phi) is 6.08. The van der Waals surface area contributed by atoms with Crippen LogP contribution in [0.25, 0.3) is 0 Å². The van der Waals surface area contributed by atoms with Gasteiger partial charge >= 0.3 is 0 Å². The molecule has 160 valence electrons. The highest BCUT2D eigenvalue weighted by Crippen LogP contribution is 2.37. The Labute approximate surface area is 183 Å². The third-order valence-electron chi connectivity index (χ3n) is 5.19. The number of carbonyl (C=O) groups is 1. The lowest BCUT2D eigenvalue weighted by Crippen LogP contribution is -2.33. The maximum absolute atomic E-state index is 14.0. The normalized spacial score (nSPS) is 15.3. The Balaban J connectivity index is 1.71. The SMILES string of the molecule is CCOc1cccc([C@H]2CC(=O)Nc3c2c(=O)nc(SCc2ccccc2F)n3C)c1. The number of hydrogen-bond donors (Lipinski definition) is 1. The third-order valence-corrected chi connectivity index (χ3v) is 6.27. The summed E-state index contributed by atoms with van der Waals surface area (Å²) >= 11 is 1.25. The fraction of sp³-hybridized carbons (Fsp3) is 0.261. The van der Waals surface area contributed by atoms with E-state index in [-0.39, 0.29) is 18.1 Å². The first-order chi connectivity index (χ1) is 15.0. The molecule has 8 heteroatoms. The van der Waals surface area contributed by atoms with E-state index >= 15 is 0 Å². The summed E-state index contributed by atoms with van der Waals surface area (Å²) in [5.74, 6) is 0.542. The zero-order chi connectivity index (χ0) is 22.0. The molecule has 0 saturated carbocycles. The third kappa shape index (κ3) is 4.34. The molecule has 2 aromatic carbocycles. The average Bonchev–Trinajstić information content (AvgIpc) is 2.76. The van der Waals surface area contributed by atoms with Crippen molar-refractivity contribution in [3.8, 4) is 5.75 Å². The highest BCUT2D eigenvalue weighted by molar-refractivity contribution is 7.98. The van der Waals surface area contributed by atoms with Gasteiger partial charge < -0.3 is 14.6 Å². The van der Waals surface area contributed by atoms with Crippen molar-refractivity contribution in [3.05, 3.63) is 81.4 Å². The average molecular weight is 440 g/mol. The van der Waals surface area contributed by atoms with Gasteiger partial charge in [0.2, 0.25) is 5.91 Å². The molecular weight excluding hydrogens is 417 g/mol. The highest BCUT2D eigenvalue weighted by atomic mass is 32.2. The van der Waals surface area contributed by atoms with Gasteiger partial charge in [0.05, 0.1) is 12.2 Å². The fourth-order valence-corrected chi connectivity index (χ4v) is 4.65. The van der Waals surface area contributed by atoms with Crippen molar-refractivity contribution >= 4 is 23.5 Å². The first-order valence-corrected chi connectivity index (χ1v) is 11.0. The van der Waals surface area contributed by atoms with Crippen LogP contribution < -0.4 is 15.6 Å². The lowest BCUT2D eigenvalue weighted by atomic mass is 9.86. The summed E-state index contributed by atoms with van der Waals surface area (Å²) in [7, 11) is 1.74. The van der Waals surface area contributed by atoms with Gasteiger partial charge in [-0.15, -0.1) is 0 Å². The molecule has 0 unspecified atom stereocenters. The molecule has 1 aliphatic heterocycles. The Morgan fingerprint density at radius 3 is 2.81 bits per heavy atom. The van der Waals surface area contributed by atoms with Crippen LogP contribution in [-0.4, -0.2) is 22.1 Å². The molecule has 1 aromatic heterocycles. The lowest BCUT2D eigenvalue weighted by molar-refractivity contribution is -0.116. The van der Waals surface area contributed by atoms with Crippen LogP contribution >= 0.6 is 11.8 Å². The molecule has 4 rings (SSSR count). The Bertz CT molecular complexity index is 1190. The topological polar surface area (TPSA) is 73.2 Å². The van der Waals surface area contributed by atoms with Crippen LogP contribution in [-0.2, 0) is 17.6 Å². The molecule has 6 nitrogen and oxygen atoms in total. The van der Waals surface area contributed by atoms with Gasteiger partial charge in [0.15, 0.2) is 5.16 Å². The van der Waals surface area contributed by atoms with Gasteiger partial charge in [0.25, 0.3) is 5.56 Å². The number of rotatable bonds is 6. The number of ether oxygens (including phenoxy) is 1. The molecule has 1 N–H and O–H groups in total. The predicted octanol–water partition coefficient (Wildman–Crippen LogP) is 4.08. The van der Waals surface area contributed by atoms with E-state index in [0.29, 0.717) is 40.2 Å². The zero-order valence-electron chi connectivity index (χ0n) is 17.2. The van der Waals surface area contributed by atoms with Crippen LogP contribution in [0.15, 0.2) is 58.5 Å². The molecular formula is C23H22FN3O3S. The first kappa shape index (κ1) is 21.1. The first-order valence-electron chi connectivity index (χ1n) is 9.97. The van der Waals surface area contributed by atoms with E-state index in [2.05, 4.69) is 10.3 Å². The molecule has 1 amide bonds. The Morgan fingerprint density at radius 2 is 2.03 bits per heavy atom. The van der Waals surface area contributed by atoms with E-state index in [1.807, 2.05) is 31.2 Å². The van der Waals surface area contributed by atoms with Gasteiger partial charge in [-0.2, -0.15) is 4.98 Å². The van der Waals surface area contributed by atoms with Gasteiger partial charge in [-0.25, -0.2) is 4.39 Å². The molecule has 3 aromatic rings. The number of benzene rings is 2. The van der Waals surface area contributed by atoms with Crippen molar-refractivity contribution in [2.24, 2.45) is 7.05 Å². The summed E-state index contributed by atoms with van der Waals surface area (Å²) in [4.78, 5) is 29.8. The second-order valence-electron chi connectivity index (χ2n) is 7.21. The second kappa shape index (κ2) is 8.93. The van der Waals surface area contributed by atoms with Crippen LogP contribution in [0.5, 0.6) is 5.75 Å². The van der Waals surface area contributed by atoms with Crippen LogP contribution in [0.3, 0.4) is 0 Å². The van der Waals surface area contributed by atoms with Crippen LogP contribution in [0, 0.1) is 5.82 Å². The number of halogens is 1. The van der Waals surface area contributed by atoms with Crippen LogP contribution in [0.2, 0.25) is 0 Å². The summed E-state index contributed by atoms with van der Waals surface area (Å²) in [5.41, 5.74) is 1.41. The van der Waals surface area contributed by atoms with Crippen molar-refractivity contribution in [2.45, 2.75) is 30.2 Å². The number of fused-ring (bicyclic) bond motifs is 1. The molecule has 31 heavy (non-hydrogen) atoms. The summed E-state index contributed by atoms with van der Waals surface area (Å²) < 4.78 is 21.2. The van der Waals surface area contributed by atoms with Gasteiger partial charge in [-0.3, -0.25) is 9.59 Å². The number of hydrogen-bond acceptors (Lipinski definition) is 5. The summed E-state index contributed by atoms with van der Waals surface area (Å²) in [5, 5.41) is 3.24. The van der Waals surface area contributed by atoms with E-state index in [0.717, 1.165) is 5.56 Å². The lowest BCUT2D eigenvalue weighted by Gasteiger charge is -2.27. The minimum atomic E-state index is -0.416. The number of amides is 1. The van der Waals surface area contributed by atoms with Crippen molar-refractivity contribution < 1.29 is 13.9 Å². The molecule has 1 aliphatic rings.